The van der Waals surface area contributed by atoms with Gasteiger partial charge in [-0.3, -0.25) is 4.90 Å². The zero-order chi connectivity index (χ0) is 14.4. The van der Waals surface area contributed by atoms with Crippen LogP contribution in [0.5, 0.6) is 0 Å². The molecule has 1 aliphatic heterocycles. The molecule has 2 unspecified atom stereocenters. The van der Waals surface area contributed by atoms with Gasteiger partial charge in [0.15, 0.2) is 0 Å². The van der Waals surface area contributed by atoms with Crippen LogP contribution in [0.2, 0.25) is 0 Å². The Morgan fingerprint density at radius 2 is 1.50 bits per heavy atom. The van der Waals surface area contributed by atoms with Gasteiger partial charge in [-0.25, -0.2) is 17.6 Å². The fourth-order valence-electron chi connectivity index (χ4n) is 3.45. The number of fused-ring (bicyclic) bond motifs is 2. The number of hydrogen-bond donors (Lipinski definition) is 0. The summed E-state index contributed by atoms with van der Waals surface area (Å²) in [6, 6.07) is 9.53. The molecule has 1 saturated carbocycles. The average molecular weight is 287 g/mol. The molecule has 1 aromatic rings. The first-order valence-corrected chi connectivity index (χ1v) is 6.89. The monoisotopic (exact) mass is 287 g/mol. The maximum absolute atomic E-state index is 14.0. The highest BCUT2D eigenvalue weighted by molar-refractivity contribution is 5.15. The van der Waals surface area contributed by atoms with Gasteiger partial charge < -0.3 is 0 Å². The summed E-state index contributed by atoms with van der Waals surface area (Å²) < 4.78 is 55.0. The Balaban J connectivity index is 1.74. The van der Waals surface area contributed by atoms with Crippen LogP contribution in [0, 0.1) is 11.8 Å². The lowest BCUT2D eigenvalue weighted by atomic mass is 9.72. The minimum Gasteiger partial charge on any atom is -0.298 e. The maximum Gasteiger partial charge on any atom is 0.256 e. The zero-order valence-corrected chi connectivity index (χ0v) is 11.0. The van der Waals surface area contributed by atoms with Gasteiger partial charge in [0.05, 0.1) is 0 Å². The van der Waals surface area contributed by atoms with Gasteiger partial charge >= 0.3 is 0 Å². The highest BCUT2D eigenvalue weighted by atomic mass is 19.3. The molecule has 0 aromatic heterocycles. The molecule has 20 heavy (non-hydrogen) atoms. The second-order valence-electron chi connectivity index (χ2n) is 6.01. The van der Waals surface area contributed by atoms with Crippen LogP contribution >= 0.6 is 0 Å². The number of alkyl halides is 4. The molecular weight excluding hydrogens is 270 g/mol. The van der Waals surface area contributed by atoms with Crippen molar-refractivity contribution in [2.75, 3.05) is 13.1 Å². The number of piperidine rings is 1. The third-order valence-electron chi connectivity index (χ3n) is 4.38. The fourth-order valence-corrected chi connectivity index (χ4v) is 3.45. The Labute approximate surface area is 115 Å². The summed E-state index contributed by atoms with van der Waals surface area (Å²) in [4.78, 5) is 1.89. The second kappa shape index (κ2) is 4.72. The van der Waals surface area contributed by atoms with Crippen molar-refractivity contribution < 1.29 is 17.6 Å². The normalized spacial score (nSPS) is 32.0. The summed E-state index contributed by atoms with van der Waals surface area (Å²) in [6.07, 6.45) is -1.39. The van der Waals surface area contributed by atoms with E-state index in [2.05, 4.69) is 0 Å². The molecule has 2 bridgehead atoms. The molecule has 1 saturated heterocycles. The van der Waals surface area contributed by atoms with Gasteiger partial charge in [-0.15, -0.1) is 0 Å². The SMILES string of the molecule is FC1(F)CC2CN(Cc3ccccc3)CC(C1)C2(F)F. The van der Waals surface area contributed by atoms with Crippen molar-refractivity contribution in [3.8, 4) is 0 Å². The van der Waals surface area contributed by atoms with Crippen molar-refractivity contribution in [1.82, 2.24) is 4.90 Å². The van der Waals surface area contributed by atoms with Crippen molar-refractivity contribution in [2.45, 2.75) is 31.2 Å². The number of hydrogen-bond acceptors (Lipinski definition) is 1. The summed E-state index contributed by atoms with van der Waals surface area (Å²) in [5.41, 5.74) is 1.03. The van der Waals surface area contributed by atoms with Gasteiger partial charge in [0, 0.05) is 44.3 Å². The van der Waals surface area contributed by atoms with Crippen LogP contribution in [0.4, 0.5) is 17.6 Å². The number of benzene rings is 1. The molecule has 2 aliphatic rings. The smallest absolute Gasteiger partial charge is 0.256 e. The molecule has 3 rings (SSSR count). The Morgan fingerprint density at radius 3 is 2.05 bits per heavy atom. The third kappa shape index (κ3) is 2.55. The fraction of sp³-hybridized carbons (Fsp3) is 0.600. The Bertz CT molecular complexity index is 454. The minimum absolute atomic E-state index is 0.0496. The average Bonchev–Trinajstić information content (AvgIpc) is 2.34. The van der Waals surface area contributed by atoms with Gasteiger partial charge in [-0.05, 0) is 5.56 Å². The van der Waals surface area contributed by atoms with Gasteiger partial charge in [-0.1, -0.05) is 30.3 Å². The molecule has 1 aliphatic carbocycles. The van der Waals surface area contributed by atoms with Crippen LogP contribution in [0.25, 0.3) is 0 Å². The molecular formula is C15H17F4N. The Morgan fingerprint density at radius 1 is 0.950 bits per heavy atom. The molecule has 0 amide bonds. The molecule has 0 N–H and O–H groups in total. The van der Waals surface area contributed by atoms with Crippen LogP contribution in [0.15, 0.2) is 30.3 Å². The van der Waals surface area contributed by atoms with Crippen molar-refractivity contribution >= 4 is 0 Å². The summed E-state index contributed by atoms with van der Waals surface area (Å²) in [5.74, 6) is -8.34. The predicted molar refractivity (Wildman–Crippen MR) is 67.8 cm³/mol. The van der Waals surface area contributed by atoms with Crippen molar-refractivity contribution in [3.63, 3.8) is 0 Å². The van der Waals surface area contributed by atoms with E-state index in [4.69, 9.17) is 0 Å². The lowest BCUT2D eigenvalue weighted by Gasteiger charge is -2.49. The zero-order valence-electron chi connectivity index (χ0n) is 11.0. The molecule has 0 spiro atoms. The number of rotatable bonds is 2. The molecule has 1 aromatic carbocycles. The first kappa shape index (κ1) is 13.9. The molecule has 1 nitrogen and oxygen atoms in total. The molecule has 0 radical (unpaired) electrons. The van der Waals surface area contributed by atoms with Crippen molar-refractivity contribution in [3.05, 3.63) is 35.9 Å². The lowest BCUT2D eigenvalue weighted by molar-refractivity contribution is -0.228. The standard InChI is InChI=1S/C15H17F4N/c16-14(17)6-12-9-20(8-11-4-2-1-3-5-11)10-13(7-14)15(12,18)19/h1-5,12-13H,6-10H2. The van der Waals surface area contributed by atoms with E-state index in [0.29, 0.717) is 6.54 Å². The van der Waals surface area contributed by atoms with Crippen LogP contribution < -0.4 is 0 Å². The summed E-state index contributed by atoms with van der Waals surface area (Å²) in [6.45, 7) is 0.650. The largest absolute Gasteiger partial charge is 0.298 e. The highest BCUT2D eigenvalue weighted by Crippen LogP contribution is 2.51. The van der Waals surface area contributed by atoms with Gasteiger partial charge in [0.2, 0.25) is 5.92 Å². The third-order valence-corrected chi connectivity index (χ3v) is 4.38. The topological polar surface area (TPSA) is 3.24 Å². The van der Waals surface area contributed by atoms with E-state index >= 15 is 0 Å². The van der Waals surface area contributed by atoms with E-state index in [9.17, 15) is 17.6 Å². The Hall–Kier alpha value is -1.10. The van der Waals surface area contributed by atoms with E-state index in [1.165, 1.54) is 0 Å². The van der Waals surface area contributed by atoms with Gasteiger partial charge in [0.25, 0.3) is 5.92 Å². The van der Waals surface area contributed by atoms with E-state index in [-0.39, 0.29) is 13.1 Å². The van der Waals surface area contributed by atoms with Gasteiger partial charge in [0.1, 0.15) is 0 Å². The lowest BCUT2D eigenvalue weighted by Crippen LogP contribution is -2.59. The molecule has 1 heterocycles. The van der Waals surface area contributed by atoms with Crippen LogP contribution in [-0.4, -0.2) is 29.8 Å². The van der Waals surface area contributed by atoms with Crippen LogP contribution in [-0.2, 0) is 6.54 Å². The van der Waals surface area contributed by atoms with E-state index in [0.717, 1.165) is 5.56 Å². The van der Waals surface area contributed by atoms with Crippen LogP contribution in [0.3, 0.4) is 0 Å². The molecule has 5 heteroatoms. The number of nitrogens with zero attached hydrogens (tertiary/aromatic N) is 1. The van der Waals surface area contributed by atoms with Crippen LogP contribution in [0.1, 0.15) is 18.4 Å². The summed E-state index contributed by atoms with van der Waals surface area (Å²) >= 11 is 0. The van der Waals surface area contributed by atoms with Crippen molar-refractivity contribution in [1.29, 1.82) is 0 Å². The van der Waals surface area contributed by atoms with Gasteiger partial charge in [-0.2, -0.15) is 0 Å². The first-order chi connectivity index (χ1) is 9.37. The number of likely N-dealkylation sites (tertiary alicyclic amines) is 1. The van der Waals surface area contributed by atoms with E-state index in [1.807, 2.05) is 35.2 Å². The number of halogens is 4. The predicted octanol–water partition coefficient (Wildman–Crippen LogP) is 3.80. The van der Waals surface area contributed by atoms with Crippen molar-refractivity contribution in [2.24, 2.45) is 11.8 Å². The second-order valence-corrected chi connectivity index (χ2v) is 6.01. The Kier molecular flexibility index (Phi) is 3.27. The highest BCUT2D eigenvalue weighted by Gasteiger charge is 2.60. The summed E-state index contributed by atoms with van der Waals surface area (Å²) in [5, 5.41) is 0. The molecule has 2 atom stereocenters. The quantitative estimate of drug-likeness (QED) is 0.748. The molecule has 2 fully saturated rings. The van der Waals surface area contributed by atoms with E-state index in [1.54, 1.807) is 0 Å². The maximum atomic E-state index is 14.0. The summed E-state index contributed by atoms with van der Waals surface area (Å²) in [7, 11) is 0. The molecule has 110 valence electrons. The van der Waals surface area contributed by atoms with E-state index < -0.39 is 36.5 Å². The minimum atomic E-state index is -2.95. The first-order valence-electron chi connectivity index (χ1n) is 6.89.